The van der Waals surface area contributed by atoms with Gasteiger partial charge >= 0.3 is 12.2 Å². The Morgan fingerprint density at radius 1 is 1.00 bits per heavy atom. The van der Waals surface area contributed by atoms with Gasteiger partial charge in [0.2, 0.25) is 17.7 Å². The maximum atomic E-state index is 12.5. The van der Waals surface area contributed by atoms with Crippen LogP contribution in [0.25, 0.3) is 11.4 Å². The van der Waals surface area contributed by atoms with Crippen molar-refractivity contribution in [2.75, 3.05) is 13.1 Å². The first-order valence-electron chi connectivity index (χ1n) is 16.7. The van der Waals surface area contributed by atoms with Crippen molar-refractivity contribution in [1.29, 1.82) is 0 Å². The molecule has 0 saturated carbocycles. The molecule has 1 aromatic heterocycles. The number of guanidine groups is 1. The summed E-state index contributed by atoms with van der Waals surface area (Å²) in [7, 11) is 0. The monoisotopic (exact) mass is 625 g/mol. The van der Waals surface area contributed by atoms with Crippen LogP contribution in [0.4, 0.5) is 9.59 Å². The lowest BCUT2D eigenvalue weighted by Gasteiger charge is -2.24. The molecule has 1 N–H and O–H groups in total. The van der Waals surface area contributed by atoms with Gasteiger partial charge in [-0.05, 0) is 90.8 Å². The van der Waals surface area contributed by atoms with Crippen molar-refractivity contribution in [3.63, 3.8) is 0 Å². The number of amides is 2. The van der Waals surface area contributed by atoms with Crippen molar-refractivity contribution in [3.8, 4) is 11.4 Å². The van der Waals surface area contributed by atoms with Crippen molar-refractivity contribution >= 4 is 18.1 Å². The third-order valence-corrected chi connectivity index (χ3v) is 7.62. The van der Waals surface area contributed by atoms with Crippen molar-refractivity contribution in [2.45, 2.75) is 137 Å². The topological polar surface area (TPSA) is 119 Å². The van der Waals surface area contributed by atoms with Crippen LogP contribution in [0.5, 0.6) is 0 Å². The fraction of sp³-hybridized carbons (Fsp3) is 0.686. The van der Waals surface area contributed by atoms with E-state index < -0.39 is 23.4 Å². The van der Waals surface area contributed by atoms with Gasteiger partial charge in [0.05, 0.1) is 0 Å². The third-order valence-electron chi connectivity index (χ3n) is 7.62. The number of benzene rings is 1. The Balaban J connectivity index is 1.56. The molecule has 1 aliphatic heterocycles. The molecule has 2 heterocycles. The highest BCUT2D eigenvalue weighted by atomic mass is 16.6. The van der Waals surface area contributed by atoms with Gasteiger partial charge in [-0.1, -0.05) is 69.2 Å². The maximum Gasteiger partial charge on any atom is 0.437 e. The molecule has 1 saturated heterocycles. The van der Waals surface area contributed by atoms with E-state index in [0.717, 1.165) is 18.4 Å². The zero-order valence-corrected chi connectivity index (χ0v) is 28.8. The summed E-state index contributed by atoms with van der Waals surface area (Å²) < 4.78 is 16.4. The first kappa shape index (κ1) is 36.0. The van der Waals surface area contributed by atoms with E-state index in [2.05, 4.69) is 52.5 Å². The van der Waals surface area contributed by atoms with Crippen LogP contribution in [0, 0.1) is 12.8 Å². The smallest absolute Gasteiger partial charge is 0.437 e. The molecule has 10 heteroatoms. The number of ether oxygens (including phenoxy) is 2. The predicted molar refractivity (Wildman–Crippen MR) is 177 cm³/mol. The summed E-state index contributed by atoms with van der Waals surface area (Å²) in [6.07, 6.45) is 11.6. The highest BCUT2D eigenvalue weighted by molar-refractivity contribution is 5.99. The van der Waals surface area contributed by atoms with Crippen LogP contribution in [-0.2, 0) is 22.3 Å². The van der Waals surface area contributed by atoms with Crippen LogP contribution < -0.4 is 5.32 Å². The molecule has 1 aromatic carbocycles. The molecule has 2 amide bonds. The van der Waals surface area contributed by atoms with E-state index in [4.69, 9.17) is 14.0 Å². The van der Waals surface area contributed by atoms with Crippen LogP contribution >= 0.6 is 0 Å². The van der Waals surface area contributed by atoms with E-state index in [1.54, 1.807) is 41.5 Å². The van der Waals surface area contributed by atoms with Gasteiger partial charge in [0.25, 0.3) is 0 Å². The number of unbranched alkanes of at least 4 members (excludes halogenated alkanes) is 7. The molecule has 0 aliphatic carbocycles. The molecule has 0 unspecified atom stereocenters. The van der Waals surface area contributed by atoms with Crippen molar-refractivity contribution in [3.05, 3.63) is 35.2 Å². The first-order valence-corrected chi connectivity index (χ1v) is 16.7. The predicted octanol–water partition coefficient (Wildman–Crippen LogP) is 8.41. The second kappa shape index (κ2) is 16.8. The van der Waals surface area contributed by atoms with Crippen LogP contribution in [0.2, 0.25) is 0 Å². The van der Waals surface area contributed by atoms with Gasteiger partial charge in [-0.2, -0.15) is 4.98 Å². The highest BCUT2D eigenvalue weighted by Crippen LogP contribution is 2.25. The Morgan fingerprint density at radius 3 is 2.31 bits per heavy atom. The Bertz CT molecular complexity index is 1270. The molecular formula is C35H55N5O5. The molecule has 1 fully saturated rings. The number of alkyl carbamates (subject to hydrolysis) is 1. The van der Waals surface area contributed by atoms with Crippen LogP contribution in [-0.4, -0.2) is 57.5 Å². The van der Waals surface area contributed by atoms with E-state index in [9.17, 15) is 9.59 Å². The highest BCUT2D eigenvalue weighted by Gasteiger charge is 2.30. The molecule has 250 valence electrons. The summed E-state index contributed by atoms with van der Waals surface area (Å²) in [5.41, 5.74) is 2.16. The van der Waals surface area contributed by atoms with Crippen LogP contribution in [0.3, 0.4) is 0 Å². The normalized spacial score (nSPS) is 15.8. The number of aromatic nitrogens is 2. The van der Waals surface area contributed by atoms with Gasteiger partial charge in [0.1, 0.15) is 11.2 Å². The minimum absolute atomic E-state index is 0.106. The number of nitrogens with zero attached hydrogens (tertiary/aromatic N) is 4. The largest absolute Gasteiger partial charge is 0.444 e. The van der Waals surface area contributed by atoms with E-state index in [-0.39, 0.29) is 11.9 Å². The summed E-state index contributed by atoms with van der Waals surface area (Å²) in [5.74, 6) is 1.41. The van der Waals surface area contributed by atoms with Crippen molar-refractivity contribution in [1.82, 2.24) is 20.4 Å². The van der Waals surface area contributed by atoms with E-state index in [1.165, 1.54) is 62.5 Å². The third kappa shape index (κ3) is 13.2. The lowest BCUT2D eigenvalue weighted by Crippen LogP contribution is -2.45. The standard InChI is InChI=1S/C35H55N5O5/c1-9-10-11-12-13-14-15-16-17-27-18-19-28(22-25(27)2)30-36-29(45-39-30)23-26-20-21-40(24-26)31(37-32(41)43-34(3,4)5)38-33(42)44-35(6,7)8/h18-19,22,26H,9-17,20-21,23-24H2,1-8H3,(H,37,38,41,42)/t26-/m0/s1. The van der Waals surface area contributed by atoms with Gasteiger partial charge in [-0.25, -0.2) is 9.59 Å². The number of hydrogen-bond acceptors (Lipinski definition) is 7. The van der Waals surface area contributed by atoms with Crippen molar-refractivity contribution in [2.24, 2.45) is 10.9 Å². The quantitative estimate of drug-likeness (QED) is 0.142. The molecule has 2 aromatic rings. The van der Waals surface area contributed by atoms with Gasteiger partial charge in [-0.3, -0.25) is 5.32 Å². The van der Waals surface area contributed by atoms with Gasteiger partial charge in [0, 0.05) is 25.1 Å². The Kier molecular flexibility index (Phi) is 13.4. The number of nitrogens with one attached hydrogen (secondary N) is 1. The Labute approximate surface area is 269 Å². The zero-order chi connectivity index (χ0) is 33.0. The lowest BCUT2D eigenvalue weighted by atomic mass is 9.99. The number of carbonyl (C=O) groups is 2. The molecule has 1 atom stereocenters. The maximum absolute atomic E-state index is 12.5. The molecule has 0 bridgehead atoms. The SMILES string of the molecule is CCCCCCCCCCc1ccc(-c2noc(C[C@@H]3CCN(C(=NC(=O)OC(C)(C)C)NC(=O)OC(C)(C)C)C3)n2)cc1C. The fourth-order valence-electron chi connectivity index (χ4n) is 5.40. The number of likely N-dealkylation sites (tertiary alicyclic amines) is 1. The second-order valence-electron chi connectivity index (χ2n) is 14.2. The number of aliphatic imine (C=N–C) groups is 1. The number of hydrogen-bond donors (Lipinski definition) is 1. The number of rotatable bonds is 12. The summed E-state index contributed by atoms with van der Waals surface area (Å²) in [6.45, 7) is 16.2. The van der Waals surface area contributed by atoms with Gasteiger partial charge < -0.3 is 18.9 Å². The van der Waals surface area contributed by atoms with E-state index >= 15 is 0 Å². The van der Waals surface area contributed by atoms with Crippen LogP contribution in [0.15, 0.2) is 27.7 Å². The minimum atomic E-state index is -0.780. The second-order valence-corrected chi connectivity index (χ2v) is 14.2. The number of aryl methyl sites for hydroxylation is 2. The van der Waals surface area contributed by atoms with Gasteiger partial charge in [0.15, 0.2) is 0 Å². The van der Waals surface area contributed by atoms with Gasteiger partial charge in [-0.15, -0.1) is 4.99 Å². The number of carbonyl (C=O) groups excluding carboxylic acids is 2. The molecule has 0 radical (unpaired) electrons. The molecule has 3 rings (SSSR count). The first-order chi connectivity index (χ1) is 21.2. The average molecular weight is 626 g/mol. The van der Waals surface area contributed by atoms with Crippen molar-refractivity contribution < 1.29 is 23.6 Å². The lowest BCUT2D eigenvalue weighted by molar-refractivity contribution is 0.0555. The van der Waals surface area contributed by atoms with Crippen LogP contribution in [0.1, 0.15) is 123 Å². The summed E-state index contributed by atoms with van der Waals surface area (Å²) in [6, 6.07) is 6.43. The molecule has 45 heavy (non-hydrogen) atoms. The molecule has 1 aliphatic rings. The van der Waals surface area contributed by atoms with E-state index in [1.807, 2.05) is 4.90 Å². The average Bonchev–Trinajstić information content (AvgIpc) is 3.59. The Morgan fingerprint density at radius 2 is 1.67 bits per heavy atom. The minimum Gasteiger partial charge on any atom is -0.444 e. The molecule has 10 nitrogen and oxygen atoms in total. The fourth-order valence-corrected chi connectivity index (χ4v) is 5.40. The molecular weight excluding hydrogens is 570 g/mol. The summed E-state index contributed by atoms with van der Waals surface area (Å²) in [5, 5.41) is 6.90. The van der Waals surface area contributed by atoms with E-state index in [0.29, 0.717) is 31.2 Å². The summed E-state index contributed by atoms with van der Waals surface area (Å²) in [4.78, 5) is 35.7. The Hall–Kier alpha value is -3.43. The summed E-state index contributed by atoms with van der Waals surface area (Å²) >= 11 is 0. The zero-order valence-electron chi connectivity index (χ0n) is 28.8. The molecule has 0 spiro atoms.